The first-order valence-electron chi connectivity index (χ1n) is 11.9. The summed E-state index contributed by atoms with van der Waals surface area (Å²) in [5.74, 6) is 0.271. The third kappa shape index (κ3) is 3.88. The molecule has 2 aliphatic heterocycles. The van der Waals surface area contributed by atoms with Crippen LogP contribution in [0.25, 0.3) is 5.76 Å². The fourth-order valence-electron chi connectivity index (χ4n) is 5.32. The van der Waals surface area contributed by atoms with Gasteiger partial charge in [0.05, 0.1) is 24.8 Å². The van der Waals surface area contributed by atoms with Gasteiger partial charge in [-0.25, -0.2) is 0 Å². The summed E-state index contributed by atoms with van der Waals surface area (Å²) in [7, 11) is 0. The lowest BCUT2D eigenvalue weighted by atomic mass is 9.90. The number of rotatable bonds is 5. The molecule has 2 aromatic carbocycles. The zero-order chi connectivity index (χ0) is 22.9. The molecule has 1 unspecified atom stereocenters. The molecule has 172 valence electrons. The summed E-state index contributed by atoms with van der Waals surface area (Å²) in [6.07, 6.45) is 5.72. The Morgan fingerprint density at radius 2 is 1.85 bits per heavy atom. The normalized spacial score (nSPS) is 22.3. The van der Waals surface area contributed by atoms with Crippen LogP contribution in [0, 0.1) is 0 Å². The second-order valence-corrected chi connectivity index (χ2v) is 8.92. The minimum absolute atomic E-state index is 0.00881. The van der Waals surface area contributed by atoms with E-state index in [0.29, 0.717) is 18.8 Å². The summed E-state index contributed by atoms with van der Waals surface area (Å²) in [5, 5.41) is 11.3. The van der Waals surface area contributed by atoms with Crippen LogP contribution in [0.4, 0.5) is 0 Å². The molecule has 5 rings (SSSR count). The van der Waals surface area contributed by atoms with Crippen molar-refractivity contribution in [3.8, 4) is 11.5 Å². The predicted octanol–water partition coefficient (Wildman–Crippen LogP) is 4.77. The van der Waals surface area contributed by atoms with E-state index >= 15 is 0 Å². The fraction of sp³-hybridized carbons (Fsp3) is 0.407. The molecule has 1 saturated carbocycles. The maximum absolute atomic E-state index is 13.3. The number of nitrogens with zero attached hydrogens (tertiary/aromatic N) is 1. The van der Waals surface area contributed by atoms with E-state index in [1.54, 1.807) is 11.0 Å². The van der Waals surface area contributed by atoms with Gasteiger partial charge in [0, 0.05) is 18.0 Å². The van der Waals surface area contributed by atoms with Gasteiger partial charge in [0.1, 0.15) is 17.3 Å². The Labute approximate surface area is 193 Å². The third-order valence-electron chi connectivity index (χ3n) is 6.92. The molecule has 1 N–H and O–H groups in total. The molecule has 1 atom stereocenters. The molecular formula is C27H29NO5. The molecule has 0 radical (unpaired) electrons. The second-order valence-electron chi connectivity index (χ2n) is 8.92. The summed E-state index contributed by atoms with van der Waals surface area (Å²) >= 11 is 0. The molecule has 33 heavy (non-hydrogen) atoms. The van der Waals surface area contributed by atoms with Crippen LogP contribution >= 0.6 is 0 Å². The molecule has 2 aromatic rings. The summed E-state index contributed by atoms with van der Waals surface area (Å²) in [6.45, 7) is 3.09. The molecule has 2 heterocycles. The minimum atomic E-state index is -0.617. The zero-order valence-electron chi connectivity index (χ0n) is 18.9. The number of amides is 1. The number of fused-ring (bicyclic) bond motifs is 1. The van der Waals surface area contributed by atoms with Gasteiger partial charge in [0.15, 0.2) is 0 Å². The quantitative estimate of drug-likeness (QED) is 0.406. The maximum Gasteiger partial charge on any atom is 0.295 e. The van der Waals surface area contributed by atoms with Crippen molar-refractivity contribution in [1.29, 1.82) is 0 Å². The summed E-state index contributed by atoms with van der Waals surface area (Å²) in [6, 6.07) is 12.3. The molecule has 0 spiro atoms. The van der Waals surface area contributed by atoms with Crippen molar-refractivity contribution in [2.45, 2.75) is 57.5 Å². The highest BCUT2D eigenvalue weighted by Gasteiger charge is 2.48. The molecule has 6 heteroatoms. The number of ether oxygens (including phenoxy) is 2. The van der Waals surface area contributed by atoms with Crippen LogP contribution in [0.2, 0.25) is 0 Å². The monoisotopic (exact) mass is 447 g/mol. The second kappa shape index (κ2) is 8.93. The zero-order valence-corrected chi connectivity index (χ0v) is 18.9. The molecule has 0 aromatic heterocycles. The van der Waals surface area contributed by atoms with Crippen molar-refractivity contribution in [1.82, 2.24) is 4.90 Å². The lowest BCUT2D eigenvalue weighted by Gasteiger charge is -2.35. The predicted molar refractivity (Wildman–Crippen MR) is 124 cm³/mol. The van der Waals surface area contributed by atoms with Crippen LogP contribution in [0.15, 0.2) is 48.0 Å². The maximum atomic E-state index is 13.3. The SMILES string of the molecule is CCOc1ccc(C2/C(=C(/O)c3ccc4c(c3)CCO4)C(=O)C(=O)N2C2CCCCC2)cc1. The van der Waals surface area contributed by atoms with Gasteiger partial charge < -0.3 is 19.5 Å². The van der Waals surface area contributed by atoms with Crippen molar-refractivity contribution in [3.63, 3.8) is 0 Å². The average Bonchev–Trinajstić information content (AvgIpc) is 3.42. The van der Waals surface area contributed by atoms with Crippen molar-refractivity contribution in [2.24, 2.45) is 0 Å². The van der Waals surface area contributed by atoms with Crippen molar-refractivity contribution in [2.75, 3.05) is 13.2 Å². The van der Waals surface area contributed by atoms with Crippen LogP contribution < -0.4 is 9.47 Å². The molecule has 6 nitrogen and oxygen atoms in total. The number of hydrogen-bond donors (Lipinski definition) is 1. The Hall–Kier alpha value is -3.28. The van der Waals surface area contributed by atoms with Gasteiger partial charge >= 0.3 is 0 Å². The van der Waals surface area contributed by atoms with Crippen LogP contribution in [0.5, 0.6) is 11.5 Å². The Balaban J connectivity index is 1.61. The first-order chi connectivity index (χ1) is 16.1. The van der Waals surface area contributed by atoms with Gasteiger partial charge in [-0.15, -0.1) is 0 Å². The van der Waals surface area contributed by atoms with E-state index in [1.807, 2.05) is 43.3 Å². The Morgan fingerprint density at radius 1 is 1.09 bits per heavy atom. The molecule has 0 bridgehead atoms. The fourth-order valence-corrected chi connectivity index (χ4v) is 5.32. The lowest BCUT2D eigenvalue weighted by molar-refractivity contribution is -0.141. The molecular weight excluding hydrogens is 418 g/mol. The highest BCUT2D eigenvalue weighted by molar-refractivity contribution is 6.46. The molecule has 1 amide bonds. The number of carbonyl (C=O) groups is 2. The van der Waals surface area contributed by atoms with Crippen molar-refractivity contribution >= 4 is 17.4 Å². The Kier molecular flexibility index (Phi) is 5.83. The van der Waals surface area contributed by atoms with Gasteiger partial charge in [-0.1, -0.05) is 31.4 Å². The molecule has 1 aliphatic carbocycles. The Bertz CT molecular complexity index is 1100. The molecule has 3 aliphatic rings. The van der Waals surface area contributed by atoms with E-state index in [2.05, 4.69) is 0 Å². The summed E-state index contributed by atoms with van der Waals surface area (Å²) < 4.78 is 11.2. The summed E-state index contributed by atoms with van der Waals surface area (Å²) in [5.41, 5.74) is 2.50. The molecule has 2 fully saturated rings. The smallest absolute Gasteiger partial charge is 0.295 e. The van der Waals surface area contributed by atoms with Crippen LogP contribution in [0.3, 0.4) is 0 Å². The number of aliphatic hydroxyl groups excluding tert-OH is 1. The van der Waals surface area contributed by atoms with Gasteiger partial charge in [0.2, 0.25) is 0 Å². The first kappa shape index (κ1) is 21.6. The van der Waals surface area contributed by atoms with E-state index < -0.39 is 17.7 Å². The minimum Gasteiger partial charge on any atom is -0.507 e. The van der Waals surface area contributed by atoms with Gasteiger partial charge in [0.25, 0.3) is 11.7 Å². The lowest BCUT2D eigenvalue weighted by Crippen LogP contribution is -2.40. The number of hydrogen-bond acceptors (Lipinski definition) is 5. The van der Waals surface area contributed by atoms with Crippen molar-refractivity contribution in [3.05, 3.63) is 64.7 Å². The Morgan fingerprint density at radius 3 is 2.58 bits per heavy atom. The van der Waals surface area contributed by atoms with E-state index in [9.17, 15) is 14.7 Å². The highest BCUT2D eigenvalue weighted by atomic mass is 16.5. The van der Waals surface area contributed by atoms with Crippen LogP contribution in [-0.2, 0) is 16.0 Å². The first-order valence-corrected chi connectivity index (χ1v) is 11.9. The standard InChI is InChI=1S/C27H29NO5/c1-2-32-21-11-8-17(9-12-21)24-23(25(29)19-10-13-22-18(16-19)14-15-33-22)26(30)27(31)28(24)20-6-4-3-5-7-20/h8-13,16,20,24,29H,2-7,14-15H2,1H3/b25-23-. The van der Waals surface area contributed by atoms with E-state index in [4.69, 9.17) is 9.47 Å². The van der Waals surface area contributed by atoms with Crippen LogP contribution in [0.1, 0.15) is 61.8 Å². The van der Waals surface area contributed by atoms with E-state index in [-0.39, 0.29) is 17.4 Å². The molecule has 1 saturated heterocycles. The largest absolute Gasteiger partial charge is 0.507 e. The summed E-state index contributed by atoms with van der Waals surface area (Å²) in [4.78, 5) is 28.3. The number of ketones is 1. The number of benzene rings is 2. The number of aliphatic hydroxyl groups is 1. The number of Topliss-reactive ketones (excluding diaryl/α,β-unsaturated/α-hetero) is 1. The number of carbonyl (C=O) groups excluding carboxylic acids is 2. The van der Waals surface area contributed by atoms with Crippen LogP contribution in [-0.4, -0.2) is 41.0 Å². The topological polar surface area (TPSA) is 76.1 Å². The third-order valence-corrected chi connectivity index (χ3v) is 6.92. The van der Waals surface area contributed by atoms with Gasteiger partial charge in [-0.2, -0.15) is 0 Å². The van der Waals surface area contributed by atoms with Crippen molar-refractivity contribution < 1.29 is 24.2 Å². The van der Waals surface area contributed by atoms with Gasteiger partial charge in [-0.3, -0.25) is 9.59 Å². The van der Waals surface area contributed by atoms with E-state index in [0.717, 1.165) is 61.2 Å². The van der Waals surface area contributed by atoms with Gasteiger partial charge in [-0.05, 0) is 61.2 Å². The van der Waals surface area contributed by atoms with E-state index in [1.165, 1.54) is 0 Å². The highest BCUT2D eigenvalue weighted by Crippen LogP contribution is 2.43. The average molecular weight is 448 g/mol. The number of likely N-dealkylation sites (tertiary alicyclic amines) is 1.